The molecule has 5 N–H and O–H groups in total. The van der Waals surface area contributed by atoms with E-state index in [9.17, 15) is 9.90 Å². The molecule has 1 amide bonds. The van der Waals surface area contributed by atoms with Crippen LogP contribution in [0.4, 0.5) is 11.4 Å². The number of carbonyl (C=O) groups excluding carboxylic acids is 1. The van der Waals surface area contributed by atoms with Gasteiger partial charge in [-0.05, 0) is 38.1 Å². The van der Waals surface area contributed by atoms with Crippen LogP contribution in [0.2, 0.25) is 0 Å². The maximum absolute atomic E-state index is 13.0. The van der Waals surface area contributed by atoms with Gasteiger partial charge in [-0.2, -0.15) is 0 Å². The molecule has 4 rings (SSSR count). The highest BCUT2D eigenvalue weighted by Gasteiger charge is 2.21. The van der Waals surface area contributed by atoms with Gasteiger partial charge < -0.3 is 26.4 Å². The van der Waals surface area contributed by atoms with Crippen molar-refractivity contribution < 1.29 is 9.90 Å². The SMILES string of the molecule is CCNC(=O)c1nc(-c2cc(C=NC)c(N)c(C)c2O)nc2ccc(N3CCNCC3)cc12. The number of hydrogen-bond acceptors (Lipinski definition) is 8. The maximum atomic E-state index is 13.0. The van der Waals surface area contributed by atoms with E-state index in [0.29, 0.717) is 39.8 Å². The van der Waals surface area contributed by atoms with E-state index in [4.69, 9.17) is 10.7 Å². The number of amides is 1. The summed E-state index contributed by atoms with van der Waals surface area (Å²) in [6.07, 6.45) is 1.62. The molecule has 2 aromatic carbocycles. The molecule has 0 radical (unpaired) electrons. The number of rotatable bonds is 5. The lowest BCUT2D eigenvalue weighted by atomic mass is 10.0. The minimum Gasteiger partial charge on any atom is -0.507 e. The van der Waals surface area contributed by atoms with E-state index in [0.717, 1.165) is 31.9 Å². The summed E-state index contributed by atoms with van der Waals surface area (Å²) in [5.41, 5.74) is 10.1. The van der Waals surface area contributed by atoms with Gasteiger partial charge in [0.25, 0.3) is 5.91 Å². The van der Waals surface area contributed by atoms with E-state index in [1.165, 1.54) is 0 Å². The van der Waals surface area contributed by atoms with Crippen molar-refractivity contribution in [3.8, 4) is 17.1 Å². The number of piperazine rings is 1. The molecule has 33 heavy (non-hydrogen) atoms. The monoisotopic (exact) mass is 447 g/mol. The summed E-state index contributed by atoms with van der Waals surface area (Å²) in [4.78, 5) is 28.6. The van der Waals surface area contributed by atoms with Gasteiger partial charge in [-0.1, -0.05) is 0 Å². The molecule has 2 heterocycles. The lowest BCUT2D eigenvalue weighted by Crippen LogP contribution is -2.43. The molecule has 0 saturated carbocycles. The Hall–Kier alpha value is -3.72. The molecule has 9 heteroatoms. The zero-order chi connectivity index (χ0) is 23.5. The van der Waals surface area contributed by atoms with Crippen molar-refractivity contribution in [2.24, 2.45) is 4.99 Å². The maximum Gasteiger partial charge on any atom is 0.270 e. The number of fused-ring (bicyclic) bond motifs is 1. The van der Waals surface area contributed by atoms with Crippen LogP contribution in [0.5, 0.6) is 5.75 Å². The summed E-state index contributed by atoms with van der Waals surface area (Å²) in [6, 6.07) is 7.58. The van der Waals surface area contributed by atoms with E-state index < -0.39 is 0 Å². The van der Waals surface area contributed by atoms with Crippen molar-refractivity contribution in [1.82, 2.24) is 20.6 Å². The first-order valence-electron chi connectivity index (χ1n) is 11.0. The topological polar surface area (TPSA) is 129 Å². The van der Waals surface area contributed by atoms with Crippen LogP contribution >= 0.6 is 0 Å². The van der Waals surface area contributed by atoms with Gasteiger partial charge in [0.1, 0.15) is 11.4 Å². The summed E-state index contributed by atoms with van der Waals surface area (Å²) >= 11 is 0. The molecule has 1 aromatic heterocycles. The molecule has 1 aliphatic heterocycles. The van der Waals surface area contributed by atoms with Crippen molar-refractivity contribution in [1.29, 1.82) is 0 Å². The lowest BCUT2D eigenvalue weighted by Gasteiger charge is -2.29. The predicted molar refractivity (Wildman–Crippen MR) is 132 cm³/mol. The molecule has 1 aliphatic rings. The van der Waals surface area contributed by atoms with Gasteiger partial charge in [0.2, 0.25) is 0 Å². The number of aliphatic imine (C=N–C) groups is 1. The van der Waals surface area contributed by atoms with Crippen LogP contribution in [0.1, 0.15) is 28.5 Å². The zero-order valence-electron chi connectivity index (χ0n) is 19.1. The highest BCUT2D eigenvalue weighted by molar-refractivity contribution is 6.06. The Morgan fingerprint density at radius 3 is 2.76 bits per heavy atom. The van der Waals surface area contributed by atoms with Gasteiger partial charge in [-0.3, -0.25) is 9.79 Å². The third-order valence-corrected chi connectivity index (χ3v) is 5.85. The first-order valence-corrected chi connectivity index (χ1v) is 11.0. The molecular formula is C24H29N7O2. The number of nitrogens with two attached hydrogens (primary N) is 1. The number of nitrogens with zero attached hydrogens (tertiary/aromatic N) is 4. The molecule has 1 saturated heterocycles. The zero-order valence-corrected chi connectivity index (χ0v) is 19.1. The van der Waals surface area contributed by atoms with Crippen LogP contribution in [0.3, 0.4) is 0 Å². The first kappa shape index (κ1) is 22.5. The largest absolute Gasteiger partial charge is 0.507 e. The first-order chi connectivity index (χ1) is 15.9. The van der Waals surface area contributed by atoms with Gasteiger partial charge >= 0.3 is 0 Å². The number of phenols is 1. The summed E-state index contributed by atoms with van der Waals surface area (Å²) in [5, 5.41) is 17.7. The number of nitrogen functional groups attached to an aromatic ring is 1. The number of hydrogen-bond donors (Lipinski definition) is 4. The van der Waals surface area contributed by atoms with Gasteiger partial charge in [0.05, 0.1) is 11.1 Å². The van der Waals surface area contributed by atoms with Crippen LogP contribution in [0.25, 0.3) is 22.3 Å². The second-order valence-electron chi connectivity index (χ2n) is 7.98. The fourth-order valence-corrected chi connectivity index (χ4v) is 4.04. The minimum atomic E-state index is -0.286. The van der Waals surface area contributed by atoms with Crippen LogP contribution in [-0.2, 0) is 0 Å². The average Bonchev–Trinajstić information content (AvgIpc) is 2.84. The highest BCUT2D eigenvalue weighted by Crippen LogP contribution is 2.36. The van der Waals surface area contributed by atoms with Crippen molar-refractivity contribution in [2.45, 2.75) is 13.8 Å². The quantitative estimate of drug-likeness (QED) is 0.348. The Morgan fingerprint density at radius 2 is 2.06 bits per heavy atom. The molecule has 172 valence electrons. The van der Waals surface area contributed by atoms with E-state index >= 15 is 0 Å². The number of aromatic hydroxyl groups is 1. The number of benzene rings is 2. The van der Waals surface area contributed by atoms with Crippen LogP contribution in [-0.4, -0.2) is 67.0 Å². The summed E-state index contributed by atoms with van der Waals surface area (Å²) < 4.78 is 0. The summed E-state index contributed by atoms with van der Waals surface area (Å²) in [6.45, 7) is 7.67. The van der Waals surface area contributed by atoms with Gasteiger partial charge in [0, 0.05) is 73.9 Å². The summed E-state index contributed by atoms with van der Waals surface area (Å²) in [5.74, 6) is -0.0463. The van der Waals surface area contributed by atoms with Gasteiger partial charge in [-0.25, -0.2) is 9.97 Å². The average molecular weight is 448 g/mol. The molecule has 3 aromatic rings. The fraction of sp³-hybridized carbons (Fsp3) is 0.333. The fourth-order valence-electron chi connectivity index (χ4n) is 4.04. The molecule has 1 fully saturated rings. The Morgan fingerprint density at radius 1 is 1.30 bits per heavy atom. The molecule has 0 spiro atoms. The smallest absolute Gasteiger partial charge is 0.270 e. The third kappa shape index (κ3) is 4.31. The third-order valence-electron chi connectivity index (χ3n) is 5.85. The minimum absolute atomic E-state index is 0.0145. The van der Waals surface area contributed by atoms with Crippen molar-refractivity contribution >= 4 is 34.4 Å². The van der Waals surface area contributed by atoms with Gasteiger partial charge in [0.15, 0.2) is 5.82 Å². The van der Waals surface area contributed by atoms with Gasteiger partial charge in [-0.15, -0.1) is 0 Å². The Balaban J connectivity index is 1.91. The van der Waals surface area contributed by atoms with Crippen LogP contribution in [0, 0.1) is 6.92 Å². The molecule has 9 nitrogen and oxygen atoms in total. The van der Waals surface area contributed by atoms with E-state index in [2.05, 4.69) is 25.5 Å². The number of carbonyl (C=O) groups is 1. The number of anilines is 2. The van der Waals surface area contributed by atoms with Crippen LogP contribution < -0.4 is 21.3 Å². The standard InChI is InChI=1S/C24H29N7O2/c1-4-28-24(33)21-17-12-16(31-9-7-27-8-10-31)5-6-19(17)29-23(30-21)18-11-15(13-26-3)20(25)14(2)22(18)32/h5-6,11-13,27,32H,4,7-10,25H2,1-3H3,(H,28,33). The Labute approximate surface area is 192 Å². The Bertz CT molecular complexity index is 1230. The normalized spacial score (nSPS) is 14.2. The molecule has 0 atom stereocenters. The Kier molecular flexibility index (Phi) is 6.41. The van der Waals surface area contributed by atoms with Crippen molar-refractivity contribution in [3.05, 3.63) is 41.1 Å². The van der Waals surface area contributed by atoms with Crippen molar-refractivity contribution in [3.63, 3.8) is 0 Å². The number of phenolic OH excluding ortho intramolecular Hbond substituents is 1. The predicted octanol–water partition coefficient (Wildman–Crippen LogP) is 2.10. The van der Waals surface area contributed by atoms with Crippen LogP contribution in [0.15, 0.2) is 29.3 Å². The molecule has 0 unspecified atom stereocenters. The molecular weight excluding hydrogens is 418 g/mol. The second kappa shape index (κ2) is 9.41. The van der Waals surface area contributed by atoms with Crippen molar-refractivity contribution in [2.75, 3.05) is 50.4 Å². The lowest BCUT2D eigenvalue weighted by molar-refractivity contribution is 0.0952. The highest BCUT2D eigenvalue weighted by atomic mass is 16.3. The molecule has 0 aliphatic carbocycles. The van der Waals surface area contributed by atoms with E-state index in [1.807, 2.05) is 25.1 Å². The molecule has 0 bridgehead atoms. The summed E-state index contributed by atoms with van der Waals surface area (Å²) in [7, 11) is 1.65. The number of aromatic nitrogens is 2. The number of nitrogens with one attached hydrogen (secondary N) is 2. The van der Waals surface area contributed by atoms with E-state index in [-0.39, 0.29) is 23.2 Å². The van der Waals surface area contributed by atoms with E-state index in [1.54, 1.807) is 26.3 Å². The second-order valence-corrected chi connectivity index (χ2v) is 7.98.